The molecule has 120 valence electrons. The summed E-state index contributed by atoms with van der Waals surface area (Å²) in [5, 5.41) is 0. The monoisotopic (exact) mass is 302 g/mol. The topological polar surface area (TPSA) is 66.0 Å². The molecule has 22 heavy (non-hydrogen) atoms. The molecule has 5 heteroatoms. The van der Waals surface area contributed by atoms with Crippen LogP contribution in [0.5, 0.6) is 0 Å². The Morgan fingerprint density at radius 2 is 2.00 bits per heavy atom. The minimum absolute atomic E-state index is 0.534. The van der Waals surface area contributed by atoms with Crippen LogP contribution in [0, 0.1) is 5.92 Å². The van der Waals surface area contributed by atoms with E-state index >= 15 is 0 Å². The smallest absolute Gasteiger partial charge is 0.151 e. The van der Waals surface area contributed by atoms with Crippen LogP contribution in [-0.4, -0.2) is 21.1 Å². The number of pyridine rings is 1. The number of rotatable bonds is 5. The highest BCUT2D eigenvalue weighted by molar-refractivity contribution is 5.89. The number of aromatic nitrogens is 3. The predicted molar refractivity (Wildman–Crippen MR) is 88.8 cm³/mol. The van der Waals surface area contributed by atoms with Crippen LogP contribution in [0.4, 0.5) is 5.82 Å². The molecule has 2 aromatic rings. The lowest BCUT2D eigenvalue weighted by molar-refractivity contribution is 0.125. The number of imidazole rings is 1. The van der Waals surface area contributed by atoms with Crippen LogP contribution in [0.25, 0.3) is 11.0 Å². The molecule has 2 heterocycles. The van der Waals surface area contributed by atoms with Crippen molar-refractivity contribution >= 4 is 16.9 Å². The van der Waals surface area contributed by atoms with Crippen molar-refractivity contribution in [3.05, 3.63) is 17.1 Å². The highest BCUT2D eigenvalue weighted by atomic mass is 16.5. The van der Waals surface area contributed by atoms with Gasteiger partial charge in [0.15, 0.2) is 5.82 Å². The summed E-state index contributed by atoms with van der Waals surface area (Å²) in [5.74, 6) is 2.08. The number of hydrogen-bond acceptors (Lipinski definition) is 4. The zero-order chi connectivity index (χ0) is 15.7. The lowest BCUT2D eigenvalue weighted by atomic mass is 9.94. The van der Waals surface area contributed by atoms with Crippen LogP contribution >= 0.6 is 0 Å². The highest BCUT2D eigenvalue weighted by Crippen LogP contribution is 2.32. The van der Waals surface area contributed by atoms with Crippen LogP contribution < -0.4 is 5.73 Å². The van der Waals surface area contributed by atoms with Gasteiger partial charge in [0.1, 0.15) is 17.9 Å². The summed E-state index contributed by atoms with van der Waals surface area (Å²) in [5.41, 5.74) is 10.8. The Labute approximate surface area is 131 Å². The minimum Gasteiger partial charge on any atom is -0.382 e. The summed E-state index contributed by atoms with van der Waals surface area (Å²) in [6, 6.07) is 0. The van der Waals surface area contributed by atoms with Gasteiger partial charge in [-0.3, -0.25) is 0 Å². The van der Waals surface area contributed by atoms with Gasteiger partial charge < -0.3 is 15.0 Å². The number of hydrogen-bond donors (Lipinski definition) is 1. The maximum Gasteiger partial charge on any atom is 0.151 e. The summed E-state index contributed by atoms with van der Waals surface area (Å²) in [4.78, 5) is 9.38. The lowest BCUT2D eigenvalue weighted by Crippen LogP contribution is -2.13. The van der Waals surface area contributed by atoms with Gasteiger partial charge in [0.25, 0.3) is 0 Å². The van der Waals surface area contributed by atoms with Crippen LogP contribution in [-0.2, 0) is 30.7 Å². The van der Waals surface area contributed by atoms with Crippen molar-refractivity contribution < 1.29 is 4.74 Å². The van der Waals surface area contributed by atoms with Gasteiger partial charge in [-0.25, -0.2) is 9.97 Å². The van der Waals surface area contributed by atoms with E-state index in [0.29, 0.717) is 24.9 Å². The third-order valence-corrected chi connectivity index (χ3v) is 4.25. The number of ether oxygens (including phenoxy) is 1. The number of nitrogens with two attached hydrogens (primary N) is 1. The Hall–Kier alpha value is -1.62. The number of nitrogen functional groups attached to an aromatic ring is 1. The molecular weight excluding hydrogens is 276 g/mol. The normalized spacial score (nSPS) is 14.7. The molecule has 0 spiro atoms. The van der Waals surface area contributed by atoms with Crippen molar-refractivity contribution in [1.29, 1.82) is 0 Å². The number of fused-ring (bicyclic) bond motifs is 3. The molecule has 0 fully saturated rings. The first kappa shape index (κ1) is 15.3. The fraction of sp³-hybridized carbons (Fsp3) is 0.647. The predicted octanol–water partition coefficient (Wildman–Crippen LogP) is 3.08. The van der Waals surface area contributed by atoms with Crippen molar-refractivity contribution in [2.45, 2.75) is 59.6 Å². The van der Waals surface area contributed by atoms with Crippen molar-refractivity contribution in [3.63, 3.8) is 0 Å². The van der Waals surface area contributed by atoms with E-state index in [1.807, 2.05) is 6.92 Å². The van der Waals surface area contributed by atoms with E-state index < -0.39 is 0 Å². The van der Waals surface area contributed by atoms with Crippen LogP contribution in [0.15, 0.2) is 0 Å². The fourth-order valence-corrected chi connectivity index (χ4v) is 3.32. The molecule has 0 unspecified atom stereocenters. The number of anilines is 1. The summed E-state index contributed by atoms with van der Waals surface area (Å²) in [6.07, 6.45) is 4.54. The van der Waals surface area contributed by atoms with Crippen molar-refractivity contribution in [2.75, 3.05) is 12.3 Å². The first-order valence-electron chi connectivity index (χ1n) is 8.35. The Morgan fingerprint density at radius 1 is 1.23 bits per heavy atom. The molecule has 0 amide bonds. The van der Waals surface area contributed by atoms with Crippen LogP contribution in [0.1, 0.15) is 50.7 Å². The molecular formula is C17H26N4O. The minimum atomic E-state index is 0.534. The number of aryl methyl sites for hydroxylation is 2. The SMILES string of the molecule is CCOCc1nc2c(N)nc3c(c2n1CC(C)C)CCCC3. The Bertz CT molecular complexity index is 675. The molecule has 0 saturated carbocycles. The third kappa shape index (κ3) is 2.70. The molecule has 2 aromatic heterocycles. The summed E-state index contributed by atoms with van der Waals surface area (Å²) in [6.45, 7) is 8.63. The van der Waals surface area contributed by atoms with E-state index in [-0.39, 0.29) is 0 Å². The quantitative estimate of drug-likeness (QED) is 0.921. The zero-order valence-electron chi connectivity index (χ0n) is 13.9. The number of nitrogens with zero attached hydrogens (tertiary/aromatic N) is 3. The van der Waals surface area contributed by atoms with E-state index in [2.05, 4.69) is 23.4 Å². The molecule has 0 saturated heterocycles. The van der Waals surface area contributed by atoms with Gasteiger partial charge in [0.2, 0.25) is 0 Å². The van der Waals surface area contributed by atoms with Crippen molar-refractivity contribution in [2.24, 2.45) is 5.92 Å². The van der Waals surface area contributed by atoms with E-state index in [9.17, 15) is 0 Å². The summed E-state index contributed by atoms with van der Waals surface area (Å²) >= 11 is 0. The van der Waals surface area contributed by atoms with E-state index in [1.165, 1.54) is 29.6 Å². The summed E-state index contributed by atoms with van der Waals surface area (Å²) in [7, 11) is 0. The van der Waals surface area contributed by atoms with Gasteiger partial charge in [0, 0.05) is 18.8 Å². The maximum absolute atomic E-state index is 6.19. The molecule has 0 aliphatic heterocycles. The van der Waals surface area contributed by atoms with Crippen LogP contribution in [0.3, 0.4) is 0 Å². The Morgan fingerprint density at radius 3 is 2.73 bits per heavy atom. The molecule has 0 bridgehead atoms. The van der Waals surface area contributed by atoms with Crippen LogP contribution in [0.2, 0.25) is 0 Å². The van der Waals surface area contributed by atoms with E-state index in [1.54, 1.807) is 0 Å². The first-order chi connectivity index (χ1) is 10.6. The third-order valence-electron chi connectivity index (χ3n) is 4.25. The second-order valence-corrected chi connectivity index (χ2v) is 6.50. The molecule has 3 rings (SSSR count). The zero-order valence-corrected chi connectivity index (χ0v) is 13.9. The molecule has 0 radical (unpaired) electrons. The summed E-state index contributed by atoms with van der Waals surface area (Å²) < 4.78 is 7.93. The highest BCUT2D eigenvalue weighted by Gasteiger charge is 2.22. The van der Waals surface area contributed by atoms with E-state index in [0.717, 1.165) is 30.7 Å². The van der Waals surface area contributed by atoms with Crippen molar-refractivity contribution in [3.8, 4) is 0 Å². The molecule has 2 N–H and O–H groups in total. The first-order valence-corrected chi connectivity index (χ1v) is 8.35. The fourth-order valence-electron chi connectivity index (χ4n) is 3.32. The lowest BCUT2D eigenvalue weighted by Gasteiger charge is -2.19. The average Bonchev–Trinajstić information content (AvgIpc) is 2.84. The van der Waals surface area contributed by atoms with Gasteiger partial charge in [-0.15, -0.1) is 0 Å². The molecule has 0 atom stereocenters. The standard InChI is InChI=1S/C17H26N4O/c1-4-22-10-14-20-15-16(21(14)9-11(2)3)12-7-5-6-8-13(12)19-17(15)18/h11H,4-10H2,1-3H3,(H2,18,19). The van der Waals surface area contributed by atoms with Gasteiger partial charge >= 0.3 is 0 Å². The molecule has 1 aliphatic carbocycles. The molecule has 0 aromatic carbocycles. The maximum atomic E-state index is 6.19. The molecule has 5 nitrogen and oxygen atoms in total. The van der Waals surface area contributed by atoms with Gasteiger partial charge in [-0.1, -0.05) is 13.8 Å². The largest absolute Gasteiger partial charge is 0.382 e. The Kier molecular flexibility index (Phi) is 4.34. The average molecular weight is 302 g/mol. The van der Waals surface area contributed by atoms with Crippen molar-refractivity contribution in [1.82, 2.24) is 14.5 Å². The van der Waals surface area contributed by atoms with Gasteiger partial charge in [-0.2, -0.15) is 0 Å². The second kappa shape index (κ2) is 6.24. The molecule has 1 aliphatic rings. The van der Waals surface area contributed by atoms with Gasteiger partial charge in [0.05, 0.1) is 5.52 Å². The van der Waals surface area contributed by atoms with Gasteiger partial charge in [-0.05, 0) is 44.1 Å². The van der Waals surface area contributed by atoms with E-state index in [4.69, 9.17) is 15.5 Å². The second-order valence-electron chi connectivity index (χ2n) is 6.50. The Balaban J connectivity index is 2.21.